The topological polar surface area (TPSA) is 63.8 Å². The van der Waals surface area contributed by atoms with Crippen LogP contribution in [-0.4, -0.2) is 15.1 Å². The Balaban J connectivity index is 2.58. The van der Waals surface area contributed by atoms with Gasteiger partial charge in [-0.25, -0.2) is 4.79 Å². The lowest BCUT2D eigenvalue weighted by Gasteiger charge is -2.18. The number of nitrogens with two attached hydrogens (primary N) is 1. The van der Waals surface area contributed by atoms with E-state index >= 15 is 0 Å². The first-order chi connectivity index (χ1) is 8.58. The van der Waals surface area contributed by atoms with E-state index in [1.807, 2.05) is 0 Å². The highest BCUT2D eigenvalue weighted by Gasteiger charge is 2.31. The van der Waals surface area contributed by atoms with Gasteiger partial charge in [-0.15, -0.1) is 0 Å². The number of nitrogens with zero attached hydrogens (tertiary/aromatic N) is 1. The Bertz CT molecular complexity index is 661. The monoisotopic (exact) mass is 273 g/mol. The first-order valence-corrected chi connectivity index (χ1v) is 5.66. The summed E-state index contributed by atoms with van der Waals surface area (Å²) in [5.41, 5.74) is 4.51. The molecule has 1 aromatic carbocycles. The fraction of sp³-hybridized carbons (Fsp3) is 0.417. The number of hydrogen-bond donors (Lipinski definition) is 2. The van der Waals surface area contributed by atoms with Gasteiger partial charge in [0, 0.05) is 12.1 Å². The zero-order valence-corrected chi connectivity index (χ0v) is 10.5. The molecule has 0 radical (unpaired) electrons. The first kappa shape index (κ1) is 13.7. The minimum atomic E-state index is -4.43. The number of halogens is 3. The molecule has 0 aliphatic carbocycles. The quantitative estimate of drug-likeness (QED) is 0.880. The van der Waals surface area contributed by atoms with E-state index in [4.69, 9.17) is 5.73 Å². The SMILES string of the molecule is CC(C)(N)Cn1c(=O)[nH]c2cc(C(F)(F)F)ccc21. The minimum absolute atomic E-state index is 0.157. The van der Waals surface area contributed by atoms with Crippen LogP contribution in [0.5, 0.6) is 0 Å². The van der Waals surface area contributed by atoms with Crippen molar-refractivity contribution < 1.29 is 13.2 Å². The number of fused-ring (bicyclic) bond motifs is 1. The smallest absolute Gasteiger partial charge is 0.324 e. The highest BCUT2D eigenvalue weighted by Crippen LogP contribution is 2.30. The highest BCUT2D eigenvalue weighted by molar-refractivity contribution is 5.76. The van der Waals surface area contributed by atoms with Crippen molar-refractivity contribution in [2.24, 2.45) is 5.73 Å². The van der Waals surface area contributed by atoms with Crippen molar-refractivity contribution in [3.05, 3.63) is 34.2 Å². The molecule has 0 spiro atoms. The van der Waals surface area contributed by atoms with Crippen LogP contribution in [0.25, 0.3) is 11.0 Å². The normalized spacial score (nSPS) is 13.2. The molecule has 0 bridgehead atoms. The van der Waals surface area contributed by atoms with E-state index in [0.717, 1.165) is 12.1 Å². The maximum Gasteiger partial charge on any atom is 0.416 e. The molecule has 0 atom stereocenters. The molecule has 3 N–H and O–H groups in total. The van der Waals surface area contributed by atoms with Crippen LogP contribution >= 0.6 is 0 Å². The summed E-state index contributed by atoms with van der Waals surface area (Å²) in [6.45, 7) is 3.70. The van der Waals surface area contributed by atoms with Gasteiger partial charge in [-0.2, -0.15) is 13.2 Å². The Morgan fingerprint density at radius 2 is 1.95 bits per heavy atom. The summed E-state index contributed by atoms with van der Waals surface area (Å²) in [4.78, 5) is 14.2. The number of H-pyrrole nitrogens is 1. The minimum Gasteiger partial charge on any atom is -0.324 e. The molecule has 2 rings (SSSR count). The van der Waals surface area contributed by atoms with E-state index in [0.29, 0.717) is 5.52 Å². The molecule has 19 heavy (non-hydrogen) atoms. The van der Waals surface area contributed by atoms with Crippen LogP contribution in [0.15, 0.2) is 23.0 Å². The van der Waals surface area contributed by atoms with Gasteiger partial charge in [0.1, 0.15) is 0 Å². The fourth-order valence-corrected chi connectivity index (χ4v) is 1.90. The molecule has 2 aromatic rings. The van der Waals surface area contributed by atoms with E-state index in [1.165, 1.54) is 10.6 Å². The van der Waals surface area contributed by atoms with Crippen LogP contribution in [0.1, 0.15) is 19.4 Å². The third-order valence-corrected chi connectivity index (χ3v) is 2.67. The molecule has 0 unspecified atom stereocenters. The molecule has 104 valence electrons. The van der Waals surface area contributed by atoms with Gasteiger partial charge in [0.05, 0.1) is 16.6 Å². The Morgan fingerprint density at radius 3 is 2.47 bits per heavy atom. The van der Waals surface area contributed by atoms with Crippen molar-refractivity contribution >= 4 is 11.0 Å². The number of nitrogens with one attached hydrogen (secondary N) is 1. The van der Waals surface area contributed by atoms with E-state index in [2.05, 4.69) is 4.98 Å². The van der Waals surface area contributed by atoms with E-state index in [9.17, 15) is 18.0 Å². The zero-order chi connectivity index (χ0) is 14.4. The van der Waals surface area contributed by atoms with Crippen LogP contribution in [0, 0.1) is 0 Å². The van der Waals surface area contributed by atoms with Crippen molar-refractivity contribution in [1.29, 1.82) is 0 Å². The van der Waals surface area contributed by atoms with E-state index < -0.39 is 23.0 Å². The molecule has 1 heterocycles. The van der Waals surface area contributed by atoms with Gasteiger partial charge in [0.15, 0.2) is 0 Å². The summed E-state index contributed by atoms with van der Waals surface area (Å²) in [5, 5.41) is 0. The number of aromatic nitrogens is 2. The lowest BCUT2D eigenvalue weighted by molar-refractivity contribution is -0.137. The summed E-state index contributed by atoms with van der Waals surface area (Å²) in [6.07, 6.45) is -4.43. The first-order valence-electron chi connectivity index (χ1n) is 5.66. The lowest BCUT2D eigenvalue weighted by atomic mass is 10.1. The molecule has 4 nitrogen and oxygen atoms in total. The predicted octanol–water partition coefficient (Wildman–Crippen LogP) is 2.09. The molecular formula is C12H14F3N3O. The summed E-state index contributed by atoms with van der Waals surface area (Å²) >= 11 is 0. The Morgan fingerprint density at radius 1 is 1.32 bits per heavy atom. The molecule has 0 fully saturated rings. The van der Waals surface area contributed by atoms with Gasteiger partial charge in [0.2, 0.25) is 0 Å². The second kappa shape index (κ2) is 4.12. The van der Waals surface area contributed by atoms with Crippen molar-refractivity contribution in [2.75, 3.05) is 0 Å². The predicted molar refractivity (Wildman–Crippen MR) is 65.8 cm³/mol. The number of aromatic amines is 1. The molecule has 0 aliphatic rings. The van der Waals surface area contributed by atoms with Crippen molar-refractivity contribution in [3.8, 4) is 0 Å². The average Bonchev–Trinajstić information content (AvgIpc) is 2.51. The maximum atomic E-state index is 12.6. The standard InChI is InChI=1S/C12H14F3N3O/c1-11(2,16)6-18-9-4-3-7(12(13,14)15)5-8(9)17-10(18)19/h3-5H,6,16H2,1-2H3,(H,17,19). The molecule has 7 heteroatoms. The Labute approximate surface area is 107 Å². The molecular weight excluding hydrogens is 259 g/mol. The number of rotatable bonds is 2. The molecule has 1 aromatic heterocycles. The highest BCUT2D eigenvalue weighted by atomic mass is 19.4. The number of benzene rings is 1. The van der Waals surface area contributed by atoms with Gasteiger partial charge in [-0.05, 0) is 32.0 Å². The lowest BCUT2D eigenvalue weighted by Crippen LogP contribution is -2.39. The summed E-state index contributed by atoms with van der Waals surface area (Å²) < 4.78 is 39.1. The van der Waals surface area contributed by atoms with Crippen molar-refractivity contribution in [1.82, 2.24) is 9.55 Å². The van der Waals surface area contributed by atoms with Crippen LogP contribution in [0.4, 0.5) is 13.2 Å². The summed E-state index contributed by atoms with van der Waals surface area (Å²) in [5.74, 6) is 0. The van der Waals surface area contributed by atoms with Gasteiger partial charge in [-0.1, -0.05) is 0 Å². The van der Waals surface area contributed by atoms with E-state index in [1.54, 1.807) is 13.8 Å². The maximum absolute atomic E-state index is 12.6. The Kier molecular flexibility index (Phi) is 2.97. The third kappa shape index (κ3) is 2.81. The number of alkyl halides is 3. The molecule has 0 amide bonds. The third-order valence-electron chi connectivity index (χ3n) is 2.67. The zero-order valence-electron chi connectivity index (χ0n) is 10.5. The average molecular weight is 273 g/mol. The Hall–Kier alpha value is -1.76. The van der Waals surface area contributed by atoms with Crippen LogP contribution in [0.2, 0.25) is 0 Å². The van der Waals surface area contributed by atoms with Crippen LogP contribution in [-0.2, 0) is 12.7 Å². The van der Waals surface area contributed by atoms with Crippen molar-refractivity contribution in [2.45, 2.75) is 32.1 Å². The largest absolute Gasteiger partial charge is 0.416 e. The summed E-state index contributed by atoms with van der Waals surface area (Å²) in [6, 6.07) is 3.16. The molecule has 0 saturated carbocycles. The molecule has 0 saturated heterocycles. The van der Waals surface area contributed by atoms with Gasteiger partial charge < -0.3 is 10.7 Å². The second-order valence-corrected chi connectivity index (χ2v) is 5.23. The van der Waals surface area contributed by atoms with Gasteiger partial charge in [0.25, 0.3) is 0 Å². The number of hydrogen-bond acceptors (Lipinski definition) is 2. The number of imidazole rings is 1. The van der Waals surface area contributed by atoms with E-state index in [-0.39, 0.29) is 12.1 Å². The summed E-state index contributed by atoms with van der Waals surface area (Å²) in [7, 11) is 0. The van der Waals surface area contributed by atoms with Crippen molar-refractivity contribution in [3.63, 3.8) is 0 Å². The second-order valence-electron chi connectivity index (χ2n) is 5.23. The van der Waals surface area contributed by atoms with Crippen LogP contribution < -0.4 is 11.4 Å². The fourth-order valence-electron chi connectivity index (χ4n) is 1.90. The van der Waals surface area contributed by atoms with Gasteiger partial charge in [-0.3, -0.25) is 4.57 Å². The molecule has 0 aliphatic heterocycles. The van der Waals surface area contributed by atoms with Crippen LogP contribution in [0.3, 0.4) is 0 Å². The van der Waals surface area contributed by atoms with Gasteiger partial charge >= 0.3 is 11.9 Å².